The maximum atomic E-state index is 12.4. The van der Waals surface area contributed by atoms with Gasteiger partial charge in [0.25, 0.3) is 5.56 Å². The second-order valence-electron chi connectivity index (χ2n) is 11.1. The van der Waals surface area contributed by atoms with E-state index in [-0.39, 0.29) is 17.7 Å². The number of carbonyl (C=O) groups is 1. The van der Waals surface area contributed by atoms with Gasteiger partial charge in [-0.05, 0) is 53.4 Å². The lowest BCUT2D eigenvalue weighted by Crippen LogP contribution is -2.28. The highest BCUT2D eigenvalue weighted by atomic mass is 16.6. The molecule has 206 valence electrons. The van der Waals surface area contributed by atoms with E-state index in [0.717, 1.165) is 53.4 Å². The van der Waals surface area contributed by atoms with Crippen LogP contribution in [0.3, 0.4) is 0 Å². The van der Waals surface area contributed by atoms with Crippen molar-refractivity contribution in [3.63, 3.8) is 0 Å². The summed E-state index contributed by atoms with van der Waals surface area (Å²) in [5, 5.41) is 12.4. The van der Waals surface area contributed by atoms with E-state index in [1.807, 2.05) is 52.5 Å². The Morgan fingerprint density at radius 1 is 1.10 bits per heavy atom. The number of aryl methyl sites for hydroxylation is 2. The molecule has 1 aliphatic carbocycles. The van der Waals surface area contributed by atoms with Crippen molar-refractivity contribution in [2.45, 2.75) is 71.1 Å². The van der Waals surface area contributed by atoms with E-state index in [0.29, 0.717) is 11.7 Å². The van der Waals surface area contributed by atoms with Crippen LogP contribution in [0.4, 0.5) is 10.6 Å². The predicted octanol–water partition coefficient (Wildman–Crippen LogP) is 4.75. The molecule has 0 radical (unpaired) electrons. The summed E-state index contributed by atoms with van der Waals surface area (Å²) in [4.78, 5) is 28.6. The first-order valence-corrected chi connectivity index (χ1v) is 13.2. The van der Waals surface area contributed by atoms with Crippen molar-refractivity contribution in [1.29, 1.82) is 0 Å². The third-order valence-electron chi connectivity index (χ3n) is 6.99. The third kappa shape index (κ3) is 5.67. The van der Waals surface area contributed by atoms with E-state index in [4.69, 9.17) is 9.47 Å². The Bertz CT molecular complexity index is 1570. The van der Waals surface area contributed by atoms with Crippen LogP contribution in [0.2, 0.25) is 0 Å². The number of pyridine rings is 1. The highest BCUT2D eigenvalue weighted by Gasteiger charge is 2.28. The van der Waals surface area contributed by atoms with Gasteiger partial charge < -0.3 is 14.0 Å². The van der Waals surface area contributed by atoms with Gasteiger partial charge in [0.05, 0.1) is 11.7 Å². The van der Waals surface area contributed by atoms with Crippen molar-refractivity contribution in [2.75, 3.05) is 5.32 Å². The maximum Gasteiger partial charge on any atom is 0.413 e. The molecule has 4 aromatic rings. The third-order valence-corrected chi connectivity index (χ3v) is 6.99. The van der Waals surface area contributed by atoms with Crippen molar-refractivity contribution in [2.24, 2.45) is 14.1 Å². The van der Waals surface area contributed by atoms with Crippen LogP contribution < -0.4 is 15.6 Å². The van der Waals surface area contributed by atoms with Crippen molar-refractivity contribution in [1.82, 2.24) is 29.1 Å². The second-order valence-corrected chi connectivity index (χ2v) is 11.1. The Kier molecular flexibility index (Phi) is 6.92. The van der Waals surface area contributed by atoms with Crippen LogP contribution in [0, 0.1) is 6.92 Å². The van der Waals surface area contributed by atoms with Gasteiger partial charge in [0.2, 0.25) is 5.88 Å². The summed E-state index contributed by atoms with van der Waals surface area (Å²) in [6.07, 6.45) is 8.69. The average Bonchev–Trinajstić information content (AvgIpc) is 3.40. The Morgan fingerprint density at radius 3 is 2.49 bits per heavy atom. The fourth-order valence-electron chi connectivity index (χ4n) is 5.33. The molecule has 0 bridgehead atoms. The summed E-state index contributed by atoms with van der Waals surface area (Å²) in [6.45, 7) is 7.60. The summed E-state index contributed by atoms with van der Waals surface area (Å²) in [7, 11) is 3.52. The van der Waals surface area contributed by atoms with Crippen molar-refractivity contribution in [3.05, 3.63) is 52.8 Å². The first-order valence-electron chi connectivity index (χ1n) is 13.2. The molecule has 1 saturated carbocycles. The lowest BCUT2D eigenvalue weighted by Gasteiger charge is -2.31. The molecular formula is C28H35N7O4. The minimum Gasteiger partial charge on any atom is -0.473 e. The van der Waals surface area contributed by atoms with Gasteiger partial charge in [-0.25, -0.2) is 14.5 Å². The van der Waals surface area contributed by atoms with E-state index in [1.54, 1.807) is 17.8 Å². The molecule has 11 heteroatoms. The molecule has 0 aromatic carbocycles. The normalized spacial score (nSPS) is 17.8. The van der Waals surface area contributed by atoms with Gasteiger partial charge in [-0.1, -0.05) is 0 Å². The smallest absolute Gasteiger partial charge is 0.413 e. The van der Waals surface area contributed by atoms with Gasteiger partial charge in [-0.15, -0.1) is 5.10 Å². The van der Waals surface area contributed by atoms with E-state index in [9.17, 15) is 9.59 Å². The first-order chi connectivity index (χ1) is 18.5. The molecule has 5 rings (SSSR count). The largest absolute Gasteiger partial charge is 0.473 e. The molecule has 1 amide bonds. The van der Waals surface area contributed by atoms with Crippen molar-refractivity contribution >= 4 is 22.8 Å². The minimum atomic E-state index is -0.608. The Balaban J connectivity index is 1.44. The summed E-state index contributed by atoms with van der Waals surface area (Å²) < 4.78 is 17.0. The lowest BCUT2D eigenvalue weighted by atomic mass is 9.92. The molecule has 4 aromatic heterocycles. The number of anilines is 1. The monoisotopic (exact) mass is 533 g/mol. The van der Waals surface area contributed by atoms with Crippen LogP contribution in [0.25, 0.3) is 22.0 Å². The van der Waals surface area contributed by atoms with Gasteiger partial charge in [0, 0.05) is 72.9 Å². The van der Waals surface area contributed by atoms with E-state index < -0.39 is 11.7 Å². The van der Waals surface area contributed by atoms with Gasteiger partial charge >= 0.3 is 6.09 Å². The molecule has 0 unspecified atom stereocenters. The number of rotatable bonds is 5. The van der Waals surface area contributed by atoms with Crippen LogP contribution in [-0.4, -0.2) is 46.9 Å². The highest BCUT2D eigenvalue weighted by molar-refractivity contribution is 5.99. The number of hydrogen-bond donors (Lipinski definition) is 1. The van der Waals surface area contributed by atoms with Gasteiger partial charge in [0.1, 0.15) is 17.5 Å². The van der Waals surface area contributed by atoms with E-state index in [1.165, 1.54) is 10.7 Å². The van der Waals surface area contributed by atoms with Crippen LogP contribution in [-0.2, 0) is 18.8 Å². The molecule has 11 nitrogen and oxygen atoms in total. The topological polar surface area (TPSA) is 118 Å². The number of amides is 1. The molecule has 1 N–H and O–H groups in total. The molecular weight excluding hydrogens is 498 g/mol. The highest BCUT2D eigenvalue weighted by Crippen LogP contribution is 2.41. The van der Waals surface area contributed by atoms with E-state index >= 15 is 0 Å². The van der Waals surface area contributed by atoms with Crippen LogP contribution in [0.5, 0.6) is 5.88 Å². The maximum absolute atomic E-state index is 12.4. The van der Waals surface area contributed by atoms with Gasteiger partial charge in [-0.2, -0.15) is 5.10 Å². The van der Waals surface area contributed by atoms with Gasteiger partial charge in [0.15, 0.2) is 0 Å². The van der Waals surface area contributed by atoms with Crippen LogP contribution in [0.15, 0.2) is 41.6 Å². The SMILES string of the molecule is Cc1c(-c2cnn(C)c2)c2cnc(NC(=O)OC(C)(C)C)cc2n1C1CCC(Oc2ccc(=O)n(C)n2)CC1. The molecule has 0 atom stereocenters. The van der Waals surface area contributed by atoms with Crippen LogP contribution >= 0.6 is 0 Å². The molecule has 0 aliphatic heterocycles. The number of hydrogen-bond acceptors (Lipinski definition) is 7. The zero-order valence-corrected chi connectivity index (χ0v) is 23.3. The molecule has 0 spiro atoms. The predicted molar refractivity (Wildman–Crippen MR) is 148 cm³/mol. The number of fused-ring (bicyclic) bond motifs is 1. The second kappa shape index (κ2) is 10.2. The molecule has 1 fully saturated rings. The minimum absolute atomic E-state index is 0.0252. The zero-order valence-electron chi connectivity index (χ0n) is 23.3. The molecule has 39 heavy (non-hydrogen) atoms. The average molecular weight is 534 g/mol. The number of carbonyl (C=O) groups excluding carboxylic acids is 1. The Labute approximate surface area is 226 Å². The summed E-state index contributed by atoms with van der Waals surface area (Å²) in [5.74, 6) is 0.900. The van der Waals surface area contributed by atoms with Crippen LogP contribution in [0.1, 0.15) is 58.2 Å². The Hall–Kier alpha value is -4.15. The number of nitrogens with zero attached hydrogens (tertiary/aromatic N) is 6. The standard InChI is InChI=1S/C28H35N7O4/c1-17-26(18-14-30-33(5)16-18)21-15-29-23(31-27(37)39-28(2,3)4)13-22(21)35(17)19-7-9-20(10-8-19)38-24-11-12-25(36)34(6)32-24/h11-16,19-20H,7-10H2,1-6H3,(H,29,31,37). The zero-order chi connectivity index (χ0) is 27.9. The summed E-state index contributed by atoms with van der Waals surface area (Å²) in [5.41, 5.74) is 3.45. The Morgan fingerprint density at radius 2 is 1.85 bits per heavy atom. The molecule has 1 aliphatic rings. The first kappa shape index (κ1) is 26.5. The fourth-order valence-corrected chi connectivity index (χ4v) is 5.33. The molecule has 0 saturated heterocycles. The lowest BCUT2D eigenvalue weighted by molar-refractivity contribution is 0.0635. The molecule has 4 heterocycles. The summed E-state index contributed by atoms with van der Waals surface area (Å²) >= 11 is 0. The van der Waals surface area contributed by atoms with Crippen molar-refractivity contribution < 1.29 is 14.3 Å². The number of aromatic nitrogens is 6. The van der Waals surface area contributed by atoms with Gasteiger partial charge in [-0.3, -0.25) is 14.8 Å². The van der Waals surface area contributed by atoms with Crippen molar-refractivity contribution in [3.8, 4) is 17.0 Å². The van der Waals surface area contributed by atoms with E-state index in [2.05, 4.69) is 32.0 Å². The quantitative estimate of drug-likeness (QED) is 0.393. The fraction of sp³-hybridized carbons (Fsp3) is 0.464. The number of nitrogens with one attached hydrogen (secondary N) is 1. The number of ether oxygens (including phenoxy) is 2. The summed E-state index contributed by atoms with van der Waals surface area (Å²) in [6, 6.07) is 5.26.